The number of aromatic nitrogens is 1. The maximum absolute atomic E-state index is 5.78. The Balaban J connectivity index is 1.69. The van der Waals surface area contributed by atoms with E-state index in [1.807, 2.05) is 11.8 Å². The highest BCUT2D eigenvalue weighted by Gasteiger charge is 2.14. The first-order valence-corrected chi connectivity index (χ1v) is 9.08. The fourth-order valence-corrected chi connectivity index (χ4v) is 3.39. The number of hydrogen-bond acceptors (Lipinski definition) is 4. The monoisotopic (exact) mass is 342 g/mol. The van der Waals surface area contributed by atoms with Crippen LogP contribution in [0.3, 0.4) is 0 Å². The Morgan fingerprint density at radius 1 is 1.50 bits per heavy atom. The normalized spacial score (nSPS) is 18.3. The van der Waals surface area contributed by atoms with Crippen LogP contribution in [0.2, 0.25) is 5.02 Å². The van der Waals surface area contributed by atoms with Crippen LogP contribution in [0.5, 0.6) is 5.88 Å². The van der Waals surface area contributed by atoms with Crippen LogP contribution in [0.25, 0.3) is 0 Å². The molecule has 1 aromatic heterocycles. The molecule has 2 rings (SSSR count). The molecule has 0 spiro atoms. The molecular formula is C15H23ClN4OS. The van der Waals surface area contributed by atoms with Crippen LogP contribution in [-0.2, 0) is 0 Å². The van der Waals surface area contributed by atoms with Gasteiger partial charge in [-0.3, -0.25) is 4.99 Å². The highest BCUT2D eigenvalue weighted by molar-refractivity contribution is 8.00. The summed E-state index contributed by atoms with van der Waals surface area (Å²) >= 11 is 7.80. The smallest absolute Gasteiger partial charge is 0.213 e. The summed E-state index contributed by atoms with van der Waals surface area (Å²) in [5, 5.41) is 7.81. The minimum Gasteiger partial charge on any atom is -0.476 e. The van der Waals surface area contributed by atoms with Crippen molar-refractivity contribution >= 4 is 29.3 Å². The summed E-state index contributed by atoms with van der Waals surface area (Å²) < 4.78 is 5.55. The molecule has 5 nitrogen and oxygen atoms in total. The highest BCUT2D eigenvalue weighted by atomic mass is 35.5. The van der Waals surface area contributed by atoms with Gasteiger partial charge in [-0.25, -0.2) is 4.98 Å². The second-order valence-corrected chi connectivity index (χ2v) is 6.79. The molecule has 0 saturated carbocycles. The first-order chi connectivity index (χ1) is 10.8. The number of aliphatic imine (C=N–C) groups is 1. The molecule has 1 saturated heterocycles. The van der Waals surface area contributed by atoms with Crippen molar-refractivity contribution < 1.29 is 4.74 Å². The van der Waals surface area contributed by atoms with Crippen LogP contribution in [0.15, 0.2) is 23.3 Å². The van der Waals surface area contributed by atoms with Crippen LogP contribution >= 0.6 is 23.4 Å². The van der Waals surface area contributed by atoms with E-state index in [1.54, 1.807) is 18.3 Å². The SMILES string of the molecule is CCNC(=NCC1CCCS1)NCCOc1ccc(Cl)cn1. The van der Waals surface area contributed by atoms with Gasteiger partial charge in [0.1, 0.15) is 6.61 Å². The topological polar surface area (TPSA) is 58.5 Å². The minimum absolute atomic E-state index is 0.525. The molecular weight excluding hydrogens is 320 g/mol. The summed E-state index contributed by atoms with van der Waals surface area (Å²) in [6, 6.07) is 3.53. The molecule has 1 aromatic rings. The summed E-state index contributed by atoms with van der Waals surface area (Å²) in [6.45, 7) is 4.99. The molecule has 1 atom stereocenters. The zero-order valence-corrected chi connectivity index (χ0v) is 14.4. The molecule has 7 heteroatoms. The molecule has 1 aliphatic heterocycles. The quantitative estimate of drug-likeness (QED) is 0.453. The molecule has 22 heavy (non-hydrogen) atoms. The third-order valence-electron chi connectivity index (χ3n) is 3.17. The van der Waals surface area contributed by atoms with Gasteiger partial charge >= 0.3 is 0 Å². The Morgan fingerprint density at radius 2 is 2.41 bits per heavy atom. The molecule has 0 amide bonds. The van der Waals surface area contributed by atoms with Crippen molar-refractivity contribution in [2.24, 2.45) is 4.99 Å². The Bertz CT molecular complexity index is 463. The van der Waals surface area contributed by atoms with Crippen LogP contribution < -0.4 is 15.4 Å². The van der Waals surface area contributed by atoms with E-state index in [4.69, 9.17) is 16.3 Å². The lowest BCUT2D eigenvalue weighted by Gasteiger charge is -2.13. The van der Waals surface area contributed by atoms with Crippen molar-refractivity contribution in [3.63, 3.8) is 0 Å². The van der Waals surface area contributed by atoms with E-state index in [0.29, 0.717) is 29.3 Å². The molecule has 122 valence electrons. The number of thioether (sulfide) groups is 1. The number of halogens is 1. The van der Waals surface area contributed by atoms with E-state index in [2.05, 4.69) is 27.5 Å². The second kappa shape index (κ2) is 9.79. The molecule has 0 aliphatic carbocycles. The Morgan fingerprint density at radius 3 is 3.09 bits per heavy atom. The minimum atomic E-state index is 0.525. The van der Waals surface area contributed by atoms with Crippen LogP contribution in [0, 0.1) is 0 Å². The number of hydrogen-bond donors (Lipinski definition) is 2. The van der Waals surface area contributed by atoms with Gasteiger partial charge in [-0.2, -0.15) is 11.8 Å². The van der Waals surface area contributed by atoms with Crippen LogP contribution in [-0.4, -0.2) is 48.2 Å². The summed E-state index contributed by atoms with van der Waals surface area (Å²) in [7, 11) is 0. The zero-order chi connectivity index (χ0) is 15.6. The molecule has 1 unspecified atom stereocenters. The van der Waals surface area contributed by atoms with E-state index >= 15 is 0 Å². The molecule has 2 heterocycles. The Hall–Kier alpha value is -1.14. The lowest BCUT2D eigenvalue weighted by molar-refractivity contribution is 0.309. The van der Waals surface area contributed by atoms with E-state index in [0.717, 1.165) is 19.0 Å². The fraction of sp³-hybridized carbons (Fsp3) is 0.600. The van der Waals surface area contributed by atoms with E-state index in [9.17, 15) is 0 Å². The van der Waals surface area contributed by atoms with E-state index in [1.165, 1.54) is 18.6 Å². The Kier molecular flexibility index (Phi) is 7.66. The van der Waals surface area contributed by atoms with Crippen LogP contribution in [0.4, 0.5) is 0 Å². The maximum Gasteiger partial charge on any atom is 0.213 e. The van der Waals surface area contributed by atoms with Gasteiger partial charge in [0.2, 0.25) is 5.88 Å². The number of ether oxygens (including phenoxy) is 1. The van der Waals surface area contributed by atoms with Crippen molar-refractivity contribution in [1.29, 1.82) is 0 Å². The molecule has 1 fully saturated rings. The first-order valence-electron chi connectivity index (χ1n) is 7.66. The maximum atomic E-state index is 5.78. The molecule has 0 aromatic carbocycles. The average molecular weight is 343 g/mol. The lowest BCUT2D eigenvalue weighted by atomic mass is 10.2. The highest BCUT2D eigenvalue weighted by Crippen LogP contribution is 2.25. The number of nitrogens with zero attached hydrogens (tertiary/aromatic N) is 2. The number of nitrogens with one attached hydrogen (secondary N) is 2. The van der Waals surface area contributed by atoms with Gasteiger partial charge in [0.25, 0.3) is 0 Å². The van der Waals surface area contributed by atoms with Gasteiger partial charge in [-0.1, -0.05) is 11.6 Å². The number of rotatable bonds is 7. The van der Waals surface area contributed by atoms with Gasteiger partial charge in [0, 0.05) is 24.1 Å². The van der Waals surface area contributed by atoms with Crippen molar-refractivity contribution in [2.45, 2.75) is 25.0 Å². The molecule has 1 aliphatic rings. The standard InChI is InChI=1S/C15H23ClN4OS/c1-2-17-15(20-11-13-4-3-9-22-13)18-7-8-21-14-6-5-12(16)10-19-14/h5-6,10,13H,2-4,7-9,11H2,1H3,(H2,17,18,20). The van der Waals surface area contributed by atoms with Gasteiger partial charge in [-0.15, -0.1) is 0 Å². The summed E-state index contributed by atoms with van der Waals surface area (Å²) in [4.78, 5) is 8.73. The number of guanidine groups is 1. The first kappa shape index (κ1) is 17.2. The second-order valence-electron chi connectivity index (χ2n) is 4.94. The Labute approximate surface area is 141 Å². The van der Waals surface area contributed by atoms with Crippen molar-refractivity contribution in [2.75, 3.05) is 32.0 Å². The third kappa shape index (κ3) is 6.32. The van der Waals surface area contributed by atoms with Crippen molar-refractivity contribution in [3.05, 3.63) is 23.4 Å². The summed E-state index contributed by atoms with van der Waals surface area (Å²) in [6.07, 6.45) is 4.17. The zero-order valence-electron chi connectivity index (χ0n) is 12.8. The predicted molar refractivity (Wildman–Crippen MR) is 94.2 cm³/mol. The van der Waals surface area contributed by atoms with Crippen LogP contribution in [0.1, 0.15) is 19.8 Å². The number of pyridine rings is 1. The van der Waals surface area contributed by atoms with Crippen molar-refractivity contribution in [3.8, 4) is 5.88 Å². The van der Waals surface area contributed by atoms with E-state index < -0.39 is 0 Å². The van der Waals surface area contributed by atoms with E-state index in [-0.39, 0.29) is 0 Å². The van der Waals surface area contributed by atoms with Gasteiger partial charge < -0.3 is 15.4 Å². The van der Waals surface area contributed by atoms with Gasteiger partial charge in [0.15, 0.2) is 5.96 Å². The molecule has 0 radical (unpaired) electrons. The largest absolute Gasteiger partial charge is 0.476 e. The van der Waals surface area contributed by atoms with Crippen molar-refractivity contribution in [1.82, 2.24) is 15.6 Å². The van der Waals surface area contributed by atoms with Gasteiger partial charge in [-0.05, 0) is 31.6 Å². The lowest BCUT2D eigenvalue weighted by Crippen LogP contribution is -2.39. The molecule has 0 bridgehead atoms. The third-order valence-corrected chi connectivity index (χ3v) is 4.77. The average Bonchev–Trinajstić information content (AvgIpc) is 3.04. The fourth-order valence-electron chi connectivity index (χ4n) is 2.10. The predicted octanol–water partition coefficient (Wildman–Crippen LogP) is 2.56. The molecule has 2 N–H and O–H groups in total. The summed E-state index contributed by atoms with van der Waals surface area (Å²) in [5.41, 5.74) is 0. The summed E-state index contributed by atoms with van der Waals surface area (Å²) in [5.74, 6) is 2.70. The van der Waals surface area contributed by atoms with Gasteiger partial charge in [0.05, 0.1) is 18.1 Å².